The largest absolute Gasteiger partial charge is 0.370 e. The summed E-state index contributed by atoms with van der Waals surface area (Å²) >= 11 is 0. The molecule has 1 aromatic heterocycles. The van der Waals surface area contributed by atoms with Crippen LogP contribution < -0.4 is 10.2 Å². The first-order valence-electron chi connectivity index (χ1n) is 9.57. The first kappa shape index (κ1) is 19.0. The summed E-state index contributed by atoms with van der Waals surface area (Å²) in [6.07, 6.45) is 3.30. The van der Waals surface area contributed by atoms with Crippen molar-refractivity contribution < 1.29 is 13.6 Å². The quantitative estimate of drug-likeness (QED) is 0.720. The number of aryl methyl sites for hydroxylation is 1. The van der Waals surface area contributed by atoms with E-state index in [1.54, 1.807) is 25.1 Å². The fraction of sp³-hybridized carbons (Fsp3) is 0.286. The molecular weight excluding hydrogens is 376 g/mol. The van der Waals surface area contributed by atoms with Crippen molar-refractivity contribution in [3.8, 4) is 5.69 Å². The number of halogens is 2. The average molecular weight is 397 g/mol. The summed E-state index contributed by atoms with van der Waals surface area (Å²) in [5, 5.41) is 6.98. The Balaban J connectivity index is 1.59. The lowest BCUT2D eigenvalue weighted by atomic mass is 10.1. The van der Waals surface area contributed by atoms with Crippen LogP contribution in [0.25, 0.3) is 5.69 Å². The summed E-state index contributed by atoms with van der Waals surface area (Å²) < 4.78 is 28.5. The van der Waals surface area contributed by atoms with Crippen molar-refractivity contribution in [2.45, 2.75) is 26.2 Å². The van der Waals surface area contributed by atoms with Gasteiger partial charge in [-0.15, -0.1) is 5.10 Å². The standard InChI is InChI=1S/C21H21F2N5O/c1-14-24-20(26-28(14)17-8-5-15(22)6-9-17)21(29)25-18-13-16(23)7-10-19(18)27-11-3-2-4-12-27/h5-10,13H,2-4,11-12H2,1H3,(H,25,29). The van der Waals surface area contributed by atoms with E-state index in [0.29, 0.717) is 17.2 Å². The van der Waals surface area contributed by atoms with Gasteiger partial charge in [0.25, 0.3) is 5.91 Å². The number of amides is 1. The molecule has 1 aliphatic rings. The second-order valence-electron chi connectivity index (χ2n) is 7.03. The number of hydrogen-bond acceptors (Lipinski definition) is 4. The van der Waals surface area contributed by atoms with E-state index >= 15 is 0 Å². The lowest BCUT2D eigenvalue weighted by Gasteiger charge is -2.30. The number of carbonyl (C=O) groups is 1. The molecule has 1 N–H and O–H groups in total. The molecule has 6 nitrogen and oxygen atoms in total. The zero-order valence-electron chi connectivity index (χ0n) is 16.0. The molecule has 0 saturated carbocycles. The maximum atomic E-state index is 13.9. The number of nitrogens with one attached hydrogen (secondary N) is 1. The molecule has 2 heterocycles. The number of hydrogen-bond donors (Lipinski definition) is 1. The number of carbonyl (C=O) groups excluding carboxylic acids is 1. The van der Waals surface area contributed by atoms with Crippen LogP contribution in [0.5, 0.6) is 0 Å². The Labute approximate surface area is 167 Å². The smallest absolute Gasteiger partial charge is 0.295 e. The van der Waals surface area contributed by atoms with E-state index in [1.165, 1.54) is 35.4 Å². The van der Waals surface area contributed by atoms with Gasteiger partial charge in [-0.25, -0.2) is 18.4 Å². The molecule has 1 aliphatic heterocycles. The summed E-state index contributed by atoms with van der Waals surface area (Å²) in [6, 6.07) is 10.1. The topological polar surface area (TPSA) is 63.1 Å². The maximum absolute atomic E-state index is 13.9. The highest BCUT2D eigenvalue weighted by Crippen LogP contribution is 2.29. The van der Waals surface area contributed by atoms with Crippen LogP contribution in [0.1, 0.15) is 35.7 Å². The maximum Gasteiger partial charge on any atom is 0.295 e. The molecule has 1 fully saturated rings. The highest BCUT2D eigenvalue weighted by atomic mass is 19.1. The van der Waals surface area contributed by atoms with Crippen molar-refractivity contribution in [2.24, 2.45) is 0 Å². The number of aromatic nitrogens is 3. The van der Waals surface area contributed by atoms with Gasteiger partial charge in [0.15, 0.2) is 0 Å². The third kappa shape index (κ3) is 4.11. The van der Waals surface area contributed by atoms with E-state index in [-0.39, 0.29) is 11.6 Å². The third-order valence-electron chi connectivity index (χ3n) is 4.95. The predicted octanol–water partition coefficient (Wildman–Crippen LogP) is 4.10. The number of anilines is 2. The van der Waals surface area contributed by atoms with Crippen LogP contribution in [-0.4, -0.2) is 33.8 Å². The van der Waals surface area contributed by atoms with Gasteiger partial charge in [-0.3, -0.25) is 4.79 Å². The van der Waals surface area contributed by atoms with Crippen molar-refractivity contribution >= 4 is 17.3 Å². The Bertz CT molecular complexity index is 1030. The number of piperidine rings is 1. The van der Waals surface area contributed by atoms with Gasteiger partial charge in [0.2, 0.25) is 5.82 Å². The summed E-state index contributed by atoms with van der Waals surface area (Å²) in [5.41, 5.74) is 1.78. The Morgan fingerprint density at radius 3 is 2.41 bits per heavy atom. The first-order chi connectivity index (χ1) is 14.0. The molecule has 29 heavy (non-hydrogen) atoms. The fourth-order valence-corrected chi connectivity index (χ4v) is 3.51. The predicted molar refractivity (Wildman–Crippen MR) is 106 cm³/mol. The first-order valence-corrected chi connectivity index (χ1v) is 9.57. The van der Waals surface area contributed by atoms with Crippen molar-refractivity contribution in [1.82, 2.24) is 14.8 Å². The van der Waals surface area contributed by atoms with Crippen LogP contribution in [0, 0.1) is 18.6 Å². The molecule has 0 atom stereocenters. The molecule has 0 bridgehead atoms. The number of nitrogens with zero attached hydrogens (tertiary/aromatic N) is 4. The molecule has 1 saturated heterocycles. The van der Waals surface area contributed by atoms with Crippen LogP contribution in [0.4, 0.5) is 20.2 Å². The van der Waals surface area contributed by atoms with Gasteiger partial charge in [-0.2, -0.15) is 0 Å². The molecule has 4 rings (SSSR count). The third-order valence-corrected chi connectivity index (χ3v) is 4.95. The van der Waals surface area contributed by atoms with Gasteiger partial charge in [0.05, 0.1) is 17.1 Å². The monoisotopic (exact) mass is 397 g/mol. The van der Waals surface area contributed by atoms with Crippen molar-refractivity contribution in [3.63, 3.8) is 0 Å². The second kappa shape index (κ2) is 7.98. The Morgan fingerprint density at radius 2 is 1.69 bits per heavy atom. The summed E-state index contributed by atoms with van der Waals surface area (Å²) in [4.78, 5) is 19.1. The highest BCUT2D eigenvalue weighted by Gasteiger charge is 2.20. The van der Waals surface area contributed by atoms with Gasteiger partial charge in [-0.05, 0) is 68.7 Å². The molecule has 0 radical (unpaired) electrons. The molecule has 3 aromatic rings. The minimum absolute atomic E-state index is 0.0410. The molecule has 0 spiro atoms. The summed E-state index contributed by atoms with van der Waals surface area (Å²) in [6.45, 7) is 3.44. The van der Waals surface area contributed by atoms with Gasteiger partial charge in [0.1, 0.15) is 17.5 Å². The Hall–Kier alpha value is -3.29. The lowest BCUT2D eigenvalue weighted by Crippen LogP contribution is -2.30. The van der Waals surface area contributed by atoms with Crippen molar-refractivity contribution in [2.75, 3.05) is 23.3 Å². The van der Waals surface area contributed by atoms with Gasteiger partial charge < -0.3 is 10.2 Å². The van der Waals surface area contributed by atoms with Crippen molar-refractivity contribution in [3.05, 3.63) is 65.7 Å². The number of benzene rings is 2. The summed E-state index contributed by atoms with van der Waals surface area (Å²) in [5.74, 6) is -0.876. The fourth-order valence-electron chi connectivity index (χ4n) is 3.51. The second-order valence-corrected chi connectivity index (χ2v) is 7.03. The van der Waals surface area contributed by atoms with Crippen LogP contribution in [0.15, 0.2) is 42.5 Å². The van der Waals surface area contributed by atoms with Crippen LogP contribution in [0.2, 0.25) is 0 Å². The van der Waals surface area contributed by atoms with E-state index in [9.17, 15) is 13.6 Å². The Kier molecular flexibility index (Phi) is 5.24. The minimum atomic E-state index is -0.530. The molecule has 150 valence electrons. The van der Waals surface area contributed by atoms with Gasteiger partial charge in [0, 0.05) is 13.1 Å². The van der Waals surface area contributed by atoms with E-state index < -0.39 is 11.7 Å². The van der Waals surface area contributed by atoms with Crippen LogP contribution in [-0.2, 0) is 0 Å². The molecule has 1 amide bonds. The molecule has 2 aromatic carbocycles. The van der Waals surface area contributed by atoms with E-state index in [1.807, 2.05) is 0 Å². The van der Waals surface area contributed by atoms with Gasteiger partial charge >= 0.3 is 0 Å². The van der Waals surface area contributed by atoms with E-state index in [2.05, 4.69) is 20.3 Å². The van der Waals surface area contributed by atoms with Crippen LogP contribution in [0.3, 0.4) is 0 Å². The summed E-state index contributed by atoms with van der Waals surface area (Å²) in [7, 11) is 0. The lowest BCUT2D eigenvalue weighted by molar-refractivity contribution is 0.101. The minimum Gasteiger partial charge on any atom is -0.370 e. The van der Waals surface area contributed by atoms with E-state index in [0.717, 1.165) is 31.6 Å². The van der Waals surface area contributed by atoms with E-state index in [4.69, 9.17) is 0 Å². The average Bonchev–Trinajstić information content (AvgIpc) is 3.11. The molecule has 0 unspecified atom stereocenters. The highest BCUT2D eigenvalue weighted by molar-refractivity contribution is 6.03. The van der Waals surface area contributed by atoms with Crippen molar-refractivity contribution in [1.29, 1.82) is 0 Å². The number of rotatable bonds is 4. The normalized spacial score (nSPS) is 14.1. The SMILES string of the molecule is Cc1nc(C(=O)Nc2cc(F)ccc2N2CCCCC2)nn1-c1ccc(F)cc1. The zero-order valence-corrected chi connectivity index (χ0v) is 16.0. The molecular formula is C21H21F2N5O. The molecule has 0 aliphatic carbocycles. The molecule has 8 heteroatoms. The van der Waals surface area contributed by atoms with Gasteiger partial charge in [-0.1, -0.05) is 0 Å². The zero-order chi connectivity index (χ0) is 20.4. The Morgan fingerprint density at radius 1 is 1.00 bits per heavy atom. The van der Waals surface area contributed by atoms with Crippen LogP contribution >= 0.6 is 0 Å².